The van der Waals surface area contributed by atoms with E-state index in [1.54, 1.807) is 0 Å². The maximum atomic E-state index is 4.27. The van der Waals surface area contributed by atoms with Crippen LogP contribution in [0.25, 0.3) is 5.65 Å². The molecule has 18 heavy (non-hydrogen) atoms. The Balaban J connectivity index is 0.000000810. The maximum absolute atomic E-state index is 4.27. The van der Waals surface area contributed by atoms with Crippen molar-refractivity contribution in [3.63, 3.8) is 0 Å². The van der Waals surface area contributed by atoms with E-state index in [2.05, 4.69) is 19.9 Å². The van der Waals surface area contributed by atoms with Crippen LogP contribution in [0.5, 0.6) is 0 Å². The fourth-order valence-electron chi connectivity index (χ4n) is 2.39. The van der Waals surface area contributed by atoms with Gasteiger partial charge in [-0.05, 0) is 44.0 Å². The number of fused-ring (bicyclic) bond motifs is 1. The molecule has 0 bridgehead atoms. The Morgan fingerprint density at radius 3 is 2.94 bits per heavy atom. The quantitative estimate of drug-likeness (QED) is 0.920. The number of rotatable bonds is 2. The van der Waals surface area contributed by atoms with Crippen LogP contribution in [0.15, 0.2) is 24.4 Å². The molecule has 1 unspecified atom stereocenters. The zero-order valence-electron chi connectivity index (χ0n) is 10.1. The largest absolute Gasteiger partial charge is 0.316 e. The summed E-state index contributed by atoms with van der Waals surface area (Å²) in [6, 6.07) is 6.02. The number of halogens is 2. The Morgan fingerprint density at radius 1 is 1.28 bits per heavy atom. The predicted molar refractivity (Wildman–Crippen MR) is 76.8 cm³/mol. The summed E-state index contributed by atoms with van der Waals surface area (Å²) in [4.78, 5) is 0. The summed E-state index contributed by atoms with van der Waals surface area (Å²) >= 11 is 0. The van der Waals surface area contributed by atoms with Gasteiger partial charge in [-0.1, -0.05) is 6.07 Å². The highest BCUT2D eigenvalue weighted by Gasteiger charge is 2.16. The van der Waals surface area contributed by atoms with Gasteiger partial charge < -0.3 is 5.32 Å². The smallest absolute Gasteiger partial charge is 0.160 e. The summed E-state index contributed by atoms with van der Waals surface area (Å²) in [6.07, 6.45) is 5.65. The van der Waals surface area contributed by atoms with Crippen molar-refractivity contribution in [3.05, 3.63) is 30.2 Å². The average Bonchev–Trinajstić information content (AvgIpc) is 2.74. The summed E-state index contributed by atoms with van der Waals surface area (Å²) in [5.74, 6) is 1.80. The molecular formula is C12H18Cl2N4. The van der Waals surface area contributed by atoms with Crippen LogP contribution in [0.2, 0.25) is 0 Å². The first kappa shape index (κ1) is 15.2. The third kappa shape index (κ3) is 3.13. The summed E-state index contributed by atoms with van der Waals surface area (Å²) in [5, 5.41) is 11.9. The summed E-state index contributed by atoms with van der Waals surface area (Å²) in [5.41, 5.74) is 0.946. The van der Waals surface area contributed by atoms with Crippen LogP contribution in [-0.2, 0) is 6.42 Å². The van der Waals surface area contributed by atoms with Crippen molar-refractivity contribution >= 4 is 30.5 Å². The van der Waals surface area contributed by atoms with Gasteiger partial charge in [0.15, 0.2) is 5.65 Å². The molecule has 1 atom stereocenters. The van der Waals surface area contributed by atoms with Crippen molar-refractivity contribution in [2.24, 2.45) is 5.92 Å². The molecular weight excluding hydrogens is 271 g/mol. The average molecular weight is 289 g/mol. The number of hydrogen-bond donors (Lipinski definition) is 1. The lowest BCUT2D eigenvalue weighted by Crippen LogP contribution is -2.31. The standard InChI is InChI=1S/C12H16N4.2ClH/c1-2-7-16-11(5-1)14-15-12(16)8-10-4-3-6-13-9-10;;/h1-2,5,7,10,13H,3-4,6,8-9H2;2*1H. The van der Waals surface area contributed by atoms with E-state index in [1.165, 1.54) is 12.8 Å². The monoisotopic (exact) mass is 288 g/mol. The Bertz CT molecular complexity index is 480. The number of aromatic nitrogens is 3. The second-order valence-corrected chi connectivity index (χ2v) is 4.46. The van der Waals surface area contributed by atoms with Gasteiger partial charge in [-0.15, -0.1) is 35.0 Å². The Hall–Kier alpha value is -0.840. The van der Waals surface area contributed by atoms with Gasteiger partial charge in [0.1, 0.15) is 5.82 Å². The van der Waals surface area contributed by atoms with Gasteiger partial charge in [0.2, 0.25) is 0 Å². The molecule has 0 aromatic carbocycles. The normalized spacial score (nSPS) is 19.0. The molecule has 1 saturated heterocycles. The highest BCUT2D eigenvalue weighted by molar-refractivity contribution is 5.85. The molecule has 2 aromatic rings. The number of piperidine rings is 1. The fourth-order valence-corrected chi connectivity index (χ4v) is 2.39. The third-order valence-corrected chi connectivity index (χ3v) is 3.25. The van der Waals surface area contributed by atoms with Crippen LogP contribution >= 0.6 is 24.8 Å². The summed E-state index contributed by atoms with van der Waals surface area (Å²) < 4.78 is 2.09. The van der Waals surface area contributed by atoms with Crippen LogP contribution in [0.1, 0.15) is 18.7 Å². The Labute approximate surface area is 119 Å². The molecule has 0 saturated carbocycles. The van der Waals surface area contributed by atoms with E-state index >= 15 is 0 Å². The van der Waals surface area contributed by atoms with E-state index in [0.717, 1.165) is 31.0 Å². The van der Waals surface area contributed by atoms with Crippen LogP contribution in [0.3, 0.4) is 0 Å². The molecule has 1 fully saturated rings. The first-order valence-electron chi connectivity index (χ1n) is 5.93. The molecule has 1 N–H and O–H groups in total. The van der Waals surface area contributed by atoms with Crippen molar-refractivity contribution in [3.8, 4) is 0 Å². The zero-order chi connectivity index (χ0) is 10.8. The van der Waals surface area contributed by atoms with Gasteiger partial charge in [0, 0.05) is 12.6 Å². The lowest BCUT2D eigenvalue weighted by atomic mass is 9.96. The molecule has 1 aliphatic heterocycles. The fraction of sp³-hybridized carbons (Fsp3) is 0.500. The van der Waals surface area contributed by atoms with Gasteiger partial charge in [-0.25, -0.2) is 0 Å². The summed E-state index contributed by atoms with van der Waals surface area (Å²) in [6.45, 7) is 2.28. The van der Waals surface area contributed by atoms with E-state index in [0.29, 0.717) is 5.92 Å². The number of nitrogens with one attached hydrogen (secondary N) is 1. The predicted octanol–water partition coefficient (Wildman–Crippen LogP) is 2.11. The van der Waals surface area contributed by atoms with Gasteiger partial charge in [-0.3, -0.25) is 4.40 Å². The van der Waals surface area contributed by atoms with Crippen LogP contribution < -0.4 is 5.32 Å². The van der Waals surface area contributed by atoms with Crippen LogP contribution in [0, 0.1) is 5.92 Å². The van der Waals surface area contributed by atoms with Gasteiger partial charge in [0.05, 0.1) is 0 Å². The topological polar surface area (TPSA) is 42.2 Å². The lowest BCUT2D eigenvalue weighted by molar-refractivity contribution is 0.370. The molecule has 1 aliphatic rings. The van der Waals surface area contributed by atoms with Crippen molar-refractivity contribution < 1.29 is 0 Å². The molecule has 0 spiro atoms. The molecule has 3 rings (SSSR count). The van der Waals surface area contributed by atoms with E-state index in [4.69, 9.17) is 0 Å². The van der Waals surface area contributed by atoms with Crippen molar-refractivity contribution in [2.45, 2.75) is 19.3 Å². The highest BCUT2D eigenvalue weighted by Crippen LogP contribution is 2.15. The van der Waals surface area contributed by atoms with Gasteiger partial charge in [0.25, 0.3) is 0 Å². The molecule has 0 amide bonds. The minimum atomic E-state index is 0. The van der Waals surface area contributed by atoms with Crippen LogP contribution in [0.4, 0.5) is 0 Å². The molecule has 3 heterocycles. The van der Waals surface area contributed by atoms with Gasteiger partial charge in [-0.2, -0.15) is 0 Å². The lowest BCUT2D eigenvalue weighted by Gasteiger charge is -2.21. The third-order valence-electron chi connectivity index (χ3n) is 3.25. The molecule has 2 aromatic heterocycles. The summed E-state index contributed by atoms with van der Waals surface area (Å²) in [7, 11) is 0. The van der Waals surface area contributed by atoms with E-state index in [1.807, 2.05) is 24.4 Å². The highest BCUT2D eigenvalue weighted by atomic mass is 35.5. The molecule has 4 nitrogen and oxygen atoms in total. The minimum absolute atomic E-state index is 0. The molecule has 0 radical (unpaired) electrons. The van der Waals surface area contributed by atoms with Crippen molar-refractivity contribution in [1.29, 1.82) is 0 Å². The zero-order valence-corrected chi connectivity index (χ0v) is 11.7. The molecule has 0 aliphatic carbocycles. The first-order chi connectivity index (χ1) is 7.93. The number of hydrogen-bond acceptors (Lipinski definition) is 3. The van der Waals surface area contributed by atoms with E-state index in [-0.39, 0.29) is 24.8 Å². The second kappa shape index (κ2) is 6.92. The van der Waals surface area contributed by atoms with E-state index < -0.39 is 0 Å². The minimum Gasteiger partial charge on any atom is -0.316 e. The van der Waals surface area contributed by atoms with Crippen molar-refractivity contribution in [1.82, 2.24) is 19.9 Å². The number of pyridine rings is 1. The van der Waals surface area contributed by atoms with E-state index in [9.17, 15) is 0 Å². The Kier molecular flexibility index (Phi) is 5.85. The first-order valence-corrected chi connectivity index (χ1v) is 5.93. The van der Waals surface area contributed by atoms with Crippen molar-refractivity contribution in [2.75, 3.05) is 13.1 Å². The molecule has 6 heteroatoms. The molecule has 100 valence electrons. The Morgan fingerprint density at radius 2 is 2.17 bits per heavy atom. The number of nitrogens with zero attached hydrogens (tertiary/aromatic N) is 3. The second-order valence-electron chi connectivity index (χ2n) is 4.46. The maximum Gasteiger partial charge on any atom is 0.160 e. The van der Waals surface area contributed by atoms with Crippen LogP contribution in [-0.4, -0.2) is 27.7 Å². The van der Waals surface area contributed by atoms with Gasteiger partial charge >= 0.3 is 0 Å². The SMILES string of the molecule is Cl.Cl.c1ccn2c(CC3CCCNC3)nnc2c1.